The third kappa shape index (κ3) is 4.32. The molecule has 0 aliphatic heterocycles. The molecule has 0 bridgehead atoms. The molecule has 1 N–H and O–H groups in total. The molecule has 1 amide bonds. The standard InChI is InChI=1S/C19H16Cl2N4O3/c1-11-16(17(21)25(24-11)14-6-4-3-5-7-14)19(27)28-12(2)18(26)23-15-9-8-13(20)10-22-15/h3-10,12H,1-2H3,(H,22,23,26). The number of carbonyl (C=O) groups is 2. The van der Waals surface area contributed by atoms with E-state index in [1.807, 2.05) is 30.3 Å². The number of aryl methyl sites for hydroxylation is 1. The van der Waals surface area contributed by atoms with Crippen molar-refractivity contribution in [3.05, 3.63) is 70.1 Å². The number of anilines is 1. The van der Waals surface area contributed by atoms with Gasteiger partial charge in [-0.25, -0.2) is 14.5 Å². The first kappa shape index (κ1) is 19.9. The van der Waals surface area contributed by atoms with E-state index >= 15 is 0 Å². The molecule has 1 atom stereocenters. The Morgan fingerprint density at radius 2 is 1.86 bits per heavy atom. The largest absolute Gasteiger partial charge is 0.449 e. The lowest BCUT2D eigenvalue weighted by molar-refractivity contribution is -0.123. The summed E-state index contributed by atoms with van der Waals surface area (Å²) >= 11 is 12.1. The van der Waals surface area contributed by atoms with Crippen LogP contribution < -0.4 is 5.32 Å². The van der Waals surface area contributed by atoms with E-state index in [-0.39, 0.29) is 10.7 Å². The Morgan fingerprint density at radius 3 is 2.50 bits per heavy atom. The van der Waals surface area contributed by atoms with Crippen molar-refractivity contribution in [2.45, 2.75) is 20.0 Å². The summed E-state index contributed by atoms with van der Waals surface area (Å²) in [4.78, 5) is 28.8. The van der Waals surface area contributed by atoms with E-state index in [1.54, 1.807) is 19.1 Å². The van der Waals surface area contributed by atoms with Gasteiger partial charge in [0.05, 0.1) is 16.4 Å². The number of carbonyl (C=O) groups excluding carboxylic acids is 2. The average Bonchev–Trinajstić information content (AvgIpc) is 2.98. The fourth-order valence-electron chi connectivity index (χ4n) is 2.42. The first-order valence-electron chi connectivity index (χ1n) is 8.30. The highest BCUT2D eigenvalue weighted by Gasteiger charge is 2.26. The molecule has 2 heterocycles. The fraction of sp³-hybridized carbons (Fsp3) is 0.158. The Bertz CT molecular complexity index is 1000. The van der Waals surface area contributed by atoms with Crippen molar-refractivity contribution in [2.24, 2.45) is 0 Å². The number of benzene rings is 1. The Labute approximate surface area is 171 Å². The second-order valence-corrected chi connectivity index (χ2v) is 6.69. The molecular weight excluding hydrogens is 403 g/mol. The molecule has 0 saturated heterocycles. The molecule has 1 aromatic carbocycles. The van der Waals surface area contributed by atoms with Crippen LogP contribution in [0.5, 0.6) is 0 Å². The molecule has 1 unspecified atom stereocenters. The molecule has 0 saturated carbocycles. The summed E-state index contributed by atoms with van der Waals surface area (Å²) in [5.74, 6) is -0.979. The van der Waals surface area contributed by atoms with E-state index in [1.165, 1.54) is 17.8 Å². The molecule has 0 fully saturated rings. The molecule has 144 valence electrons. The minimum Gasteiger partial charge on any atom is -0.449 e. The second-order valence-electron chi connectivity index (χ2n) is 5.90. The molecule has 0 spiro atoms. The van der Waals surface area contributed by atoms with E-state index in [0.29, 0.717) is 22.2 Å². The summed E-state index contributed by atoms with van der Waals surface area (Å²) < 4.78 is 6.70. The van der Waals surface area contributed by atoms with E-state index < -0.39 is 18.0 Å². The maximum absolute atomic E-state index is 12.6. The van der Waals surface area contributed by atoms with Crippen LogP contribution in [0.25, 0.3) is 5.69 Å². The first-order chi connectivity index (χ1) is 13.4. The Balaban J connectivity index is 1.73. The van der Waals surface area contributed by atoms with Gasteiger partial charge in [-0.1, -0.05) is 41.4 Å². The van der Waals surface area contributed by atoms with Crippen molar-refractivity contribution in [3.8, 4) is 5.69 Å². The van der Waals surface area contributed by atoms with Gasteiger partial charge in [-0.15, -0.1) is 0 Å². The molecule has 7 nitrogen and oxygen atoms in total. The summed E-state index contributed by atoms with van der Waals surface area (Å²) in [5.41, 5.74) is 1.20. The normalized spacial score (nSPS) is 11.7. The SMILES string of the molecule is Cc1nn(-c2ccccc2)c(Cl)c1C(=O)OC(C)C(=O)Nc1ccc(Cl)cn1. The molecule has 3 aromatic rings. The molecule has 28 heavy (non-hydrogen) atoms. The molecule has 0 aliphatic rings. The molecule has 0 aliphatic carbocycles. The Morgan fingerprint density at radius 1 is 1.14 bits per heavy atom. The van der Waals surface area contributed by atoms with Crippen LogP contribution in [-0.2, 0) is 9.53 Å². The van der Waals surface area contributed by atoms with Crippen LogP contribution >= 0.6 is 23.2 Å². The number of rotatable bonds is 5. The quantitative estimate of drug-likeness (QED) is 0.631. The number of esters is 1. The van der Waals surface area contributed by atoms with Crippen LogP contribution in [-0.4, -0.2) is 32.7 Å². The van der Waals surface area contributed by atoms with Crippen molar-refractivity contribution in [2.75, 3.05) is 5.32 Å². The predicted molar refractivity (Wildman–Crippen MR) is 106 cm³/mol. The van der Waals surface area contributed by atoms with Gasteiger partial charge in [-0.3, -0.25) is 4.79 Å². The van der Waals surface area contributed by atoms with Gasteiger partial charge in [0.2, 0.25) is 0 Å². The minimum atomic E-state index is -1.07. The van der Waals surface area contributed by atoms with Gasteiger partial charge in [0.25, 0.3) is 5.91 Å². The summed E-state index contributed by atoms with van der Waals surface area (Å²) in [6.07, 6.45) is 0.329. The van der Waals surface area contributed by atoms with Crippen LogP contribution in [0.2, 0.25) is 10.2 Å². The first-order valence-corrected chi connectivity index (χ1v) is 9.06. The number of nitrogens with zero attached hydrogens (tertiary/aromatic N) is 3. The van der Waals surface area contributed by atoms with Crippen molar-refractivity contribution >= 4 is 40.9 Å². The summed E-state index contributed by atoms with van der Waals surface area (Å²) in [6.45, 7) is 3.10. The summed E-state index contributed by atoms with van der Waals surface area (Å²) in [7, 11) is 0. The van der Waals surface area contributed by atoms with Gasteiger partial charge in [-0.05, 0) is 38.1 Å². The second kappa shape index (κ2) is 8.41. The number of amides is 1. The summed E-state index contributed by atoms with van der Waals surface area (Å²) in [6, 6.07) is 12.3. The lowest BCUT2D eigenvalue weighted by Gasteiger charge is -2.13. The Hall–Kier alpha value is -2.90. The lowest BCUT2D eigenvalue weighted by Crippen LogP contribution is -2.30. The molecule has 0 radical (unpaired) electrons. The molecule has 9 heteroatoms. The third-order valence-corrected chi connectivity index (χ3v) is 4.41. The number of ether oxygens (including phenoxy) is 1. The van der Waals surface area contributed by atoms with Gasteiger partial charge in [-0.2, -0.15) is 5.10 Å². The molecule has 3 rings (SSSR count). The van der Waals surface area contributed by atoms with Crippen molar-refractivity contribution < 1.29 is 14.3 Å². The maximum Gasteiger partial charge on any atom is 0.344 e. The van der Waals surface area contributed by atoms with Crippen LogP contribution in [0.4, 0.5) is 5.82 Å². The average molecular weight is 419 g/mol. The molecule has 2 aromatic heterocycles. The van der Waals surface area contributed by atoms with Crippen LogP contribution in [0.15, 0.2) is 48.7 Å². The van der Waals surface area contributed by atoms with E-state index in [9.17, 15) is 9.59 Å². The van der Waals surface area contributed by atoms with Crippen LogP contribution in [0.1, 0.15) is 23.0 Å². The Kier molecular flexibility index (Phi) is 5.96. The number of nitrogens with one attached hydrogen (secondary N) is 1. The van der Waals surface area contributed by atoms with Gasteiger partial charge in [0.15, 0.2) is 6.10 Å². The lowest BCUT2D eigenvalue weighted by atomic mass is 10.2. The minimum absolute atomic E-state index is 0.106. The van der Waals surface area contributed by atoms with E-state index in [0.717, 1.165) is 0 Å². The van der Waals surface area contributed by atoms with Gasteiger partial charge in [0, 0.05) is 6.20 Å². The van der Waals surface area contributed by atoms with E-state index in [4.69, 9.17) is 27.9 Å². The zero-order valence-electron chi connectivity index (χ0n) is 15.0. The zero-order chi connectivity index (χ0) is 20.3. The predicted octanol–water partition coefficient (Wildman–Crippen LogP) is 4.07. The van der Waals surface area contributed by atoms with Crippen molar-refractivity contribution in [1.29, 1.82) is 0 Å². The van der Waals surface area contributed by atoms with Gasteiger partial charge < -0.3 is 10.1 Å². The number of para-hydroxylation sites is 1. The number of hydrogen-bond donors (Lipinski definition) is 1. The maximum atomic E-state index is 12.6. The number of pyridine rings is 1. The van der Waals surface area contributed by atoms with Gasteiger partial charge in [0.1, 0.15) is 16.5 Å². The highest BCUT2D eigenvalue weighted by atomic mass is 35.5. The van der Waals surface area contributed by atoms with E-state index in [2.05, 4.69) is 15.4 Å². The number of aromatic nitrogens is 3. The smallest absolute Gasteiger partial charge is 0.344 e. The number of halogens is 2. The highest BCUT2D eigenvalue weighted by molar-refractivity contribution is 6.33. The number of hydrogen-bond acceptors (Lipinski definition) is 5. The molecular formula is C19H16Cl2N4O3. The topological polar surface area (TPSA) is 86.1 Å². The van der Waals surface area contributed by atoms with Crippen molar-refractivity contribution in [1.82, 2.24) is 14.8 Å². The fourth-order valence-corrected chi connectivity index (χ4v) is 2.88. The van der Waals surface area contributed by atoms with Crippen LogP contribution in [0.3, 0.4) is 0 Å². The zero-order valence-corrected chi connectivity index (χ0v) is 16.5. The highest BCUT2D eigenvalue weighted by Crippen LogP contribution is 2.24. The van der Waals surface area contributed by atoms with Gasteiger partial charge >= 0.3 is 5.97 Å². The summed E-state index contributed by atoms with van der Waals surface area (Å²) in [5, 5.41) is 7.39. The van der Waals surface area contributed by atoms with Crippen LogP contribution in [0, 0.1) is 6.92 Å². The third-order valence-electron chi connectivity index (χ3n) is 3.84. The monoisotopic (exact) mass is 418 g/mol. The van der Waals surface area contributed by atoms with Crippen molar-refractivity contribution in [3.63, 3.8) is 0 Å².